The van der Waals surface area contributed by atoms with Gasteiger partial charge in [-0.05, 0) is 22.2 Å². The molecule has 80 valence electrons. The van der Waals surface area contributed by atoms with E-state index in [-0.39, 0.29) is 0 Å². The van der Waals surface area contributed by atoms with Crippen molar-refractivity contribution in [3.8, 4) is 12.0 Å². The van der Waals surface area contributed by atoms with E-state index in [1.54, 1.807) is 6.26 Å². The number of nitrogens with zero attached hydrogens (tertiary/aromatic N) is 1. The molecule has 0 saturated heterocycles. The standard InChI is InChI=1S/C15H9NO/c16-10-17-15-9-11-5-1-2-6-12(11)13-7-3-4-8-14(13)15/h1-9H. The van der Waals surface area contributed by atoms with Gasteiger partial charge in [0.05, 0.1) is 0 Å². The molecule has 0 bridgehead atoms. The molecule has 0 atom stereocenters. The molecule has 0 heterocycles. The summed E-state index contributed by atoms with van der Waals surface area (Å²) >= 11 is 0. The van der Waals surface area contributed by atoms with Crippen LogP contribution >= 0.6 is 0 Å². The molecule has 0 N–H and O–H groups in total. The van der Waals surface area contributed by atoms with Crippen molar-refractivity contribution < 1.29 is 4.74 Å². The van der Waals surface area contributed by atoms with Crippen LogP contribution < -0.4 is 4.74 Å². The second-order valence-electron chi connectivity index (χ2n) is 3.83. The Kier molecular flexibility index (Phi) is 2.16. The number of benzene rings is 3. The number of hydrogen-bond acceptors (Lipinski definition) is 2. The summed E-state index contributed by atoms with van der Waals surface area (Å²) in [5.41, 5.74) is 0. The Labute approximate surface area is 98.7 Å². The largest absolute Gasteiger partial charge is 0.387 e. The van der Waals surface area contributed by atoms with Crippen LogP contribution in [0.5, 0.6) is 5.75 Å². The molecule has 0 unspecified atom stereocenters. The highest BCUT2D eigenvalue weighted by atomic mass is 16.5. The Morgan fingerprint density at radius 1 is 0.824 bits per heavy atom. The lowest BCUT2D eigenvalue weighted by Crippen LogP contribution is -1.85. The molecule has 0 aliphatic rings. The van der Waals surface area contributed by atoms with Gasteiger partial charge < -0.3 is 4.74 Å². The summed E-state index contributed by atoms with van der Waals surface area (Å²) < 4.78 is 5.03. The lowest BCUT2D eigenvalue weighted by molar-refractivity contribution is 0.514. The van der Waals surface area contributed by atoms with E-state index in [2.05, 4.69) is 6.07 Å². The number of rotatable bonds is 1. The first-order chi connectivity index (χ1) is 8.40. The van der Waals surface area contributed by atoms with Crippen LogP contribution in [0.4, 0.5) is 0 Å². The number of ether oxygens (including phenoxy) is 1. The fourth-order valence-corrected chi connectivity index (χ4v) is 2.15. The van der Waals surface area contributed by atoms with Crippen LogP contribution in [0.15, 0.2) is 54.6 Å². The van der Waals surface area contributed by atoms with E-state index >= 15 is 0 Å². The molecule has 17 heavy (non-hydrogen) atoms. The SMILES string of the molecule is N#COc1cc2ccccc2c2ccccc12. The first kappa shape index (κ1) is 9.68. The summed E-state index contributed by atoms with van der Waals surface area (Å²) in [6, 6.07) is 17.9. The van der Waals surface area contributed by atoms with Crippen molar-refractivity contribution in [2.75, 3.05) is 0 Å². The molecule has 0 saturated carbocycles. The van der Waals surface area contributed by atoms with Gasteiger partial charge in [0.2, 0.25) is 0 Å². The molecular formula is C15H9NO. The highest BCUT2D eigenvalue weighted by molar-refractivity contribution is 6.10. The van der Waals surface area contributed by atoms with Crippen LogP contribution in [0.3, 0.4) is 0 Å². The molecule has 0 aromatic heterocycles. The Morgan fingerprint density at radius 3 is 2.24 bits per heavy atom. The van der Waals surface area contributed by atoms with Crippen LogP contribution in [0.2, 0.25) is 0 Å². The molecule has 0 aliphatic heterocycles. The van der Waals surface area contributed by atoms with Crippen LogP contribution in [0.25, 0.3) is 21.5 Å². The summed E-state index contributed by atoms with van der Waals surface area (Å²) in [5, 5.41) is 13.0. The van der Waals surface area contributed by atoms with Crippen molar-refractivity contribution in [3.63, 3.8) is 0 Å². The minimum Gasteiger partial charge on any atom is -0.387 e. The van der Waals surface area contributed by atoms with Gasteiger partial charge in [0, 0.05) is 5.39 Å². The third-order valence-electron chi connectivity index (χ3n) is 2.89. The summed E-state index contributed by atoms with van der Waals surface area (Å²) in [7, 11) is 0. The predicted molar refractivity (Wildman–Crippen MR) is 67.7 cm³/mol. The van der Waals surface area contributed by atoms with Crippen LogP contribution in [0.1, 0.15) is 0 Å². The molecule has 0 amide bonds. The van der Waals surface area contributed by atoms with Gasteiger partial charge in [0.25, 0.3) is 6.26 Å². The molecule has 3 rings (SSSR count). The summed E-state index contributed by atoms with van der Waals surface area (Å²) in [4.78, 5) is 0. The van der Waals surface area contributed by atoms with Gasteiger partial charge in [-0.1, -0.05) is 48.5 Å². The van der Waals surface area contributed by atoms with Gasteiger partial charge in [-0.15, -0.1) is 5.26 Å². The fraction of sp³-hybridized carbons (Fsp3) is 0. The van der Waals surface area contributed by atoms with E-state index < -0.39 is 0 Å². The summed E-state index contributed by atoms with van der Waals surface area (Å²) in [6.45, 7) is 0. The Hall–Kier alpha value is -2.53. The normalized spacial score (nSPS) is 10.3. The Morgan fingerprint density at radius 2 is 1.47 bits per heavy atom. The van der Waals surface area contributed by atoms with Gasteiger partial charge in [-0.2, -0.15) is 0 Å². The summed E-state index contributed by atoms with van der Waals surface area (Å²) in [6.07, 6.45) is 1.74. The molecule has 2 nitrogen and oxygen atoms in total. The van der Waals surface area contributed by atoms with Gasteiger partial charge in [-0.25, -0.2) is 0 Å². The second kappa shape index (κ2) is 3.80. The van der Waals surface area contributed by atoms with Crippen molar-refractivity contribution in [2.45, 2.75) is 0 Å². The van der Waals surface area contributed by atoms with E-state index in [1.807, 2.05) is 48.5 Å². The van der Waals surface area contributed by atoms with Gasteiger partial charge in [0.15, 0.2) is 5.75 Å². The van der Waals surface area contributed by atoms with Crippen LogP contribution in [-0.2, 0) is 0 Å². The monoisotopic (exact) mass is 219 g/mol. The average molecular weight is 219 g/mol. The van der Waals surface area contributed by atoms with Gasteiger partial charge >= 0.3 is 0 Å². The van der Waals surface area contributed by atoms with Gasteiger partial charge in [0.1, 0.15) is 0 Å². The molecule has 0 spiro atoms. The highest BCUT2D eigenvalue weighted by Crippen LogP contribution is 2.33. The topological polar surface area (TPSA) is 33.0 Å². The van der Waals surface area contributed by atoms with E-state index in [9.17, 15) is 0 Å². The van der Waals surface area contributed by atoms with Gasteiger partial charge in [-0.3, -0.25) is 0 Å². The molecule has 0 radical (unpaired) electrons. The fourth-order valence-electron chi connectivity index (χ4n) is 2.15. The Balaban J connectivity index is 2.51. The Bertz CT molecular complexity index is 741. The number of hydrogen-bond donors (Lipinski definition) is 0. The maximum atomic E-state index is 8.68. The van der Waals surface area contributed by atoms with Crippen molar-refractivity contribution in [3.05, 3.63) is 54.6 Å². The van der Waals surface area contributed by atoms with Crippen LogP contribution in [0, 0.1) is 11.5 Å². The zero-order valence-electron chi connectivity index (χ0n) is 9.05. The van der Waals surface area contributed by atoms with Crippen molar-refractivity contribution in [1.29, 1.82) is 5.26 Å². The minimum atomic E-state index is 0.613. The summed E-state index contributed by atoms with van der Waals surface area (Å²) in [5.74, 6) is 0.613. The molecule has 0 fully saturated rings. The number of nitriles is 1. The lowest BCUT2D eigenvalue weighted by Gasteiger charge is -2.07. The van der Waals surface area contributed by atoms with E-state index in [0.29, 0.717) is 5.75 Å². The average Bonchev–Trinajstić information content (AvgIpc) is 2.39. The third kappa shape index (κ3) is 1.49. The smallest absolute Gasteiger partial charge is 0.292 e. The quantitative estimate of drug-likeness (QED) is 0.460. The molecule has 2 heteroatoms. The zero-order chi connectivity index (χ0) is 11.7. The van der Waals surface area contributed by atoms with E-state index in [4.69, 9.17) is 10.00 Å². The predicted octanol–water partition coefficient (Wildman–Crippen LogP) is 3.85. The molecular weight excluding hydrogens is 210 g/mol. The van der Waals surface area contributed by atoms with E-state index in [1.165, 1.54) is 5.39 Å². The maximum Gasteiger partial charge on any atom is 0.292 e. The zero-order valence-corrected chi connectivity index (χ0v) is 9.05. The first-order valence-electron chi connectivity index (χ1n) is 5.36. The number of fused-ring (bicyclic) bond motifs is 3. The van der Waals surface area contributed by atoms with Crippen molar-refractivity contribution in [2.24, 2.45) is 0 Å². The lowest BCUT2D eigenvalue weighted by atomic mass is 10.0. The second-order valence-corrected chi connectivity index (χ2v) is 3.83. The van der Waals surface area contributed by atoms with E-state index in [0.717, 1.165) is 16.2 Å². The van der Waals surface area contributed by atoms with Crippen molar-refractivity contribution in [1.82, 2.24) is 0 Å². The molecule has 0 aliphatic carbocycles. The van der Waals surface area contributed by atoms with Crippen molar-refractivity contribution >= 4 is 21.5 Å². The molecule has 3 aromatic carbocycles. The maximum absolute atomic E-state index is 8.68. The highest BCUT2D eigenvalue weighted by Gasteiger charge is 2.06. The van der Waals surface area contributed by atoms with Crippen LogP contribution in [-0.4, -0.2) is 0 Å². The molecule has 3 aromatic rings. The first-order valence-corrected chi connectivity index (χ1v) is 5.36. The minimum absolute atomic E-state index is 0.613. The third-order valence-corrected chi connectivity index (χ3v) is 2.89.